The quantitative estimate of drug-likeness (QED) is 0.699. The Hall–Kier alpha value is -1.73. The van der Waals surface area contributed by atoms with Crippen molar-refractivity contribution in [3.63, 3.8) is 0 Å². The summed E-state index contributed by atoms with van der Waals surface area (Å²) >= 11 is 1.64. The van der Waals surface area contributed by atoms with Gasteiger partial charge in [-0.15, -0.1) is 0 Å². The Morgan fingerprint density at radius 3 is 2.90 bits per heavy atom. The minimum absolute atomic E-state index is 0.136. The molecule has 1 amide bonds. The third-order valence-electron chi connectivity index (χ3n) is 6.43. The lowest BCUT2D eigenvalue weighted by molar-refractivity contribution is -0.125. The summed E-state index contributed by atoms with van der Waals surface area (Å²) in [5.41, 5.74) is 0.964. The molecule has 0 aromatic carbocycles. The SMILES string of the molecule is CCC1CCCCN1CCCNC(=O)C1CCN(c2nc3cccnc3s2)CC1. The number of carbonyl (C=O) groups is 1. The molecule has 2 fully saturated rings. The number of fused-ring (bicyclic) bond motifs is 1. The van der Waals surface area contributed by atoms with Crippen molar-refractivity contribution in [3.8, 4) is 0 Å². The number of thiazole rings is 1. The minimum Gasteiger partial charge on any atom is -0.356 e. The zero-order chi connectivity index (χ0) is 20.1. The first-order chi connectivity index (χ1) is 14.2. The van der Waals surface area contributed by atoms with Crippen molar-refractivity contribution in [2.24, 2.45) is 5.92 Å². The predicted octanol–water partition coefficient (Wildman–Crippen LogP) is 3.68. The molecule has 2 aromatic heterocycles. The molecule has 4 rings (SSSR count). The van der Waals surface area contributed by atoms with E-state index in [1.165, 1.54) is 32.2 Å². The Labute approximate surface area is 177 Å². The van der Waals surface area contributed by atoms with Crippen molar-refractivity contribution in [1.29, 1.82) is 0 Å². The van der Waals surface area contributed by atoms with Gasteiger partial charge in [-0.2, -0.15) is 0 Å². The lowest BCUT2D eigenvalue weighted by Gasteiger charge is -2.35. The Balaban J connectivity index is 1.18. The van der Waals surface area contributed by atoms with Gasteiger partial charge < -0.3 is 15.1 Å². The average molecular weight is 416 g/mol. The second-order valence-electron chi connectivity index (χ2n) is 8.32. The number of pyridine rings is 1. The van der Waals surface area contributed by atoms with E-state index in [0.717, 1.165) is 67.0 Å². The zero-order valence-corrected chi connectivity index (χ0v) is 18.3. The van der Waals surface area contributed by atoms with E-state index in [1.807, 2.05) is 18.3 Å². The Bertz CT molecular complexity index is 768. The van der Waals surface area contributed by atoms with Crippen LogP contribution in [0.3, 0.4) is 0 Å². The van der Waals surface area contributed by atoms with Gasteiger partial charge in [0.15, 0.2) is 5.13 Å². The molecule has 158 valence electrons. The van der Waals surface area contributed by atoms with Gasteiger partial charge in [0.2, 0.25) is 5.91 Å². The van der Waals surface area contributed by atoms with Gasteiger partial charge in [0.1, 0.15) is 10.3 Å². The molecule has 2 saturated heterocycles. The lowest BCUT2D eigenvalue weighted by Crippen LogP contribution is -2.42. The number of hydrogen-bond donors (Lipinski definition) is 1. The van der Waals surface area contributed by atoms with Gasteiger partial charge in [-0.3, -0.25) is 4.79 Å². The van der Waals surface area contributed by atoms with Crippen LogP contribution >= 0.6 is 11.3 Å². The summed E-state index contributed by atoms with van der Waals surface area (Å²) in [6.07, 6.45) is 9.96. The smallest absolute Gasteiger partial charge is 0.223 e. The fraction of sp³-hybridized carbons (Fsp3) is 0.682. The number of carbonyl (C=O) groups excluding carboxylic acids is 1. The molecule has 0 aliphatic carbocycles. The first-order valence-corrected chi connectivity index (χ1v) is 12.0. The highest BCUT2D eigenvalue weighted by molar-refractivity contribution is 7.21. The third kappa shape index (κ3) is 5.07. The number of nitrogens with one attached hydrogen (secondary N) is 1. The molecule has 2 aliphatic heterocycles. The number of likely N-dealkylation sites (tertiary alicyclic amines) is 1. The Morgan fingerprint density at radius 1 is 1.24 bits per heavy atom. The largest absolute Gasteiger partial charge is 0.356 e. The summed E-state index contributed by atoms with van der Waals surface area (Å²) in [5, 5.41) is 4.23. The molecule has 6 nitrogen and oxygen atoms in total. The van der Waals surface area contributed by atoms with E-state index in [0.29, 0.717) is 0 Å². The highest BCUT2D eigenvalue weighted by Crippen LogP contribution is 2.30. The molecular formula is C22H33N5OS. The van der Waals surface area contributed by atoms with Gasteiger partial charge in [-0.25, -0.2) is 9.97 Å². The van der Waals surface area contributed by atoms with Crippen LogP contribution in [-0.2, 0) is 4.79 Å². The van der Waals surface area contributed by atoms with Crippen LogP contribution in [0.15, 0.2) is 18.3 Å². The van der Waals surface area contributed by atoms with E-state index in [9.17, 15) is 4.79 Å². The van der Waals surface area contributed by atoms with Crippen molar-refractivity contribution < 1.29 is 4.79 Å². The molecule has 1 atom stereocenters. The Kier molecular flexibility index (Phi) is 6.98. The van der Waals surface area contributed by atoms with E-state index in [1.54, 1.807) is 11.3 Å². The van der Waals surface area contributed by atoms with Crippen LogP contribution in [0.2, 0.25) is 0 Å². The van der Waals surface area contributed by atoms with Crippen molar-refractivity contribution in [3.05, 3.63) is 18.3 Å². The van der Waals surface area contributed by atoms with E-state index < -0.39 is 0 Å². The molecule has 1 N–H and O–H groups in total. The van der Waals surface area contributed by atoms with Gasteiger partial charge >= 0.3 is 0 Å². The van der Waals surface area contributed by atoms with Crippen molar-refractivity contribution >= 4 is 32.7 Å². The molecule has 0 spiro atoms. The molecule has 0 radical (unpaired) electrons. The van der Waals surface area contributed by atoms with Gasteiger partial charge in [0, 0.05) is 44.3 Å². The van der Waals surface area contributed by atoms with E-state index in [-0.39, 0.29) is 11.8 Å². The molecule has 2 aromatic rings. The van der Waals surface area contributed by atoms with Gasteiger partial charge in [0.05, 0.1) is 0 Å². The molecule has 0 bridgehead atoms. The van der Waals surface area contributed by atoms with Crippen LogP contribution in [0.1, 0.15) is 51.9 Å². The van der Waals surface area contributed by atoms with Crippen LogP contribution in [0, 0.1) is 5.92 Å². The number of hydrogen-bond acceptors (Lipinski definition) is 6. The highest BCUT2D eigenvalue weighted by atomic mass is 32.1. The van der Waals surface area contributed by atoms with E-state index in [2.05, 4.69) is 27.0 Å². The van der Waals surface area contributed by atoms with Crippen molar-refractivity contribution in [2.75, 3.05) is 37.6 Å². The molecular weight excluding hydrogens is 382 g/mol. The van der Waals surface area contributed by atoms with Gasteiger partial charge in [0.25, 0.3) is 0 Å². The number of aromatic nitrogens is 2. The predicted molar refractivity (Wildman–Crippen MR) is 119 cm³/mol. The fourth-order valence-corrected chi connectivity index (χ4v) is 5.64. The standard InChI is InChI=1S/C22H33N5OS/c1-2-18-7-3-4-13-26(18)14-6-12-23-20(28)17-9-15-27(16-10-17)22-25-19-8-5-11-24-21(19)29-22/h5,8,11,17-18H,2-4,6-7,9-10,12-16H2,1H3,(H,23,28). The third-order valence-corrected chi connectivity index (χ3v) is 7.47. The van der Waals surface area contributed by atoms with Gasteiger partial charge in [-0.1, -0.05) is 24.7 Å². The maximum Gasteiger partial charge on any atom is 0.223 e. The first-order valence-electron chi connectivity index (χ1n) is 11.2. The van der Waals surface area contributed by atoms with Crippen molar-refractivity contribution in [1.82, 2.24) is 20.2 Å². The molecule has 4 heterocycles. The molecule has 1 unspecified atom stereocenters. The Morgan fingerprint density at radius 2 is 2.10 bits per heavy atom. The van der Waals surface area contributed by atoms with Gasteiger partial charge in [-0.05, 0) is 57.2 Å². The van der Waals surface area contributed by atoms with Crippen LogP contribution in [0.25, 0.3) is 10.3 Å². The summed E-state index contributed by atoms with van der Waals surface area (Å²) in [4.78, 5) is 27.6. The average Bonchev–Trinajstić information content (AvgIpc) is 3.21. The summed E-state index contributed by atoms with van der Waals surface area (Å²) in [6, 6.07) is 4.69. The normalized spacial score (nSPS) is 21.6. The molecule has 0 saturated carbocycles. The van der Waals surface area contributed by atoms with E-state index >= 15 is 0 Å². The van der Waals surface area contributed by atoms with E-state index in [4.69, 9.17) is 4.98 Å². The minimum atomic E-state index is 0.136. The summed E-state index contributed by atoms with van der Waals surface area (Å²) in [7, 11) is 0. The first kappa shape index (κ1) is 20.5. The lowest BCUT2D eigenvalue weighted by atomic mass is 9.96. The summed E-state index contributed by atoms with van der Waals surface area (Å²) < 4.78 is 0. The molecule has 7 heteroatoms. The molecule has 29 heavy (non-hydrogen) atoms. The van der Waals surface area contributed by atoms with Crippen LogP contribution in [0.5, 0.6) is 0 Å². The molecule has 2 aliphatic rings. The number of rotatable bonds is 7. The van der Waals surface area contributed by atoms with Crippen molar-refractivity contribution in [2.45, 2.75) is 57.9 Å². The van der Waals surface area contributed by atoms with Crippen LogP contribution in [0.4, 0.5) is 5.13 Å². The second kappa shape index (κ2) is 9.85. The number of anilines is 1. The van der Waals surface area contributed by atoms with Crippen LogP contribution < -0.4 is 10.2 Å². The monoisotopic (exact) mass is 415 g/mol. The summed E-state index contributed by atoms with van der Waals surface area (Å²) in [5.74, 6) is 0.374. The highest BCUT2D eigenvalue weighted by Gasteiger charge is 2.26. The maximum absolute atomic E-state index is 12.6. The van der Waals surface area contributed by atoms with Crippen LogP contribution in [-0.4, -0.2) is 59.5 Å². The second-order valence-corrected chi connectivity index (χ2v) is 9.28. The fourth-order valence-electron chi connectivity index (χ4n) is 4.68. The number of amides is 1. The summed E-state index contributed by atoms with van der Waals surface area (Å²) in [6.45, 7) is 7.22. The topological polar surface area (TPSA) is 61.4 Å². The number of piperidine rings is 2. The number of nitrogens with zero attached hydrogens (tertiary/aromatic N) is 4. The zero-order valence-electron chi connectivity index (χ0n) is 17.5. The maximum atomic E-state index is 12.6.